The van der Waals surface area contributed by atoms with E-state index >= 15 is 0 Å². The highest BCUT2D eigenvalue weighted by Crippen LogP contribution is 2.59. The quantitative estimate of drug-likeness (QED) is 0.803. The van der Waals surface area contributed by atoms with Gasteiger partial charge in [-0.05, 0) is 79.9 Å². The first-order chi connectivity index (χ1) is 11.2. The molecular formula is C20H23ClN2. The Kier molecular flexibility index (Phi) is 3.13. The number of aromatic nitrogens is 1. The van der Waals surface area contributed by atoms with Crippen molar-refractivity contribution in [1.82, 2.24) is 4.98 Å². The van der Waals surface area contributed by atoms with Crippen molar-refractivity contribution in [2.24, 2.45) is 23.2 Å². The molecule has 0 saturated heterocycles. The Morgan fingerprint density at radius 2 is 1.70 bits per heavy atom. The van der Waals surface area contributed by atoms with Crippen LogP contribution < -0.4 is 5.32 Å². The number of hydrogen-bond donors (Lipinski definition) is 1. The van der Waals surface area contributed by atoms with E-state index in [1.807, 2.05) is 12.1 Å². The van der Waals surface area contributed by atoms with Gasteiger partial charge in [-0.2, -0.15) is 0 Å². The van der Waals surface area contributed by atoms with Crippen molar-refractivity contribution in [3.05, 3.63) is 35.4 Å². The van der Waals surface area contributed by atoms with E-state index in [1.54, 1.807) is 0 Å². The molecule has 1 heterocycles. The van der Waals surface area contributed by atoms with E-state index in [0.717, 1.165) is 46.0 Å². The second-order valence-corrected chi connectivity index (χ2v) is 8.69. The Labute approximate surface area is 142 Å². The van der Waals surface area contributed by atoms with E-state index in [2.05, 4.69) is 23.5 Å². The van der Waals surface area contributed by atoms with Gasteiger partial charge in [0, 0.05) is 11.9 Å². The predicted molar refractivity (Wildman–Crippen MR) is 95.8 cm³/mol. The molecule has 0 amide bonds. The van der Waals surface area contributed by atoms with Crippen LogP contribution >= 0.6 is 11.6 Å². The number of halogens is 1. The maximum absolute atomic E-state index is 6.30. The number of nitrogens with zero attached hydrogens (tertiary/aromatic N) is 1. The molecule has 6 rings (SSSR count). The summed E-state index contributed by atoms with van der Waals surface area (Å²) in [7, 11) is 0. The lowest BCUT2D eigenvalue weighted by atomic mass is 9.49. The zero-order chi connectivity index (χ0) is 15.4. The molecule has 120 valence electrons. The molecule has 0 atom stereocenters. The molecule has 4 saturated carbocycles. The van der Waals surface area contributed by atoms with Gasteiger partial charge in [0.05, 0.1) is 10.5 Å². The monoisotopic (exact) mass is 326 g/mol. The molecule has 0 spiro atoms. The lowest BCUT2D eigenvalue weighted by molar-refractivity contribution is -0.0444. The zero-order valence-electron chi connectivity index (χ0n) is 13.4. The summed E-state index contributed by atoms with van der Waals surface area (Å²) in [5.74, 6) is 3.98. The number of fused-ring (bicyclic) bond motifs is 1. The summed E-state index contributed by atoms with van der Waals surface area (Å²) in [6.45, 7) is 1.08. The summed E-state index contributed by atoms with van der Waals surface area (Å²) >= 11 is 6.30. The topological polar surface area (TPSA) is 24.9 Å². The molecule has 2 aromatic rings. The Morgan fingerprint density at radius 3 is 2.39 bits per heavy atom. The van der Waals surface area contributed by atoms with E-state index in [9.17, 15) is 0 Å². The minimum absolute atomic E-state index is 0.534. The van der Waals surface area contributed by atoms with Crippen LogP contribution in [-0.2, 0) is 0 Å². The molecule has 0 radical (unpaired) electrons. The van der Waals surface area contributed by atoms with Gasteiger partial charge in [-0.3, -0.25) is 0 Å². The first-order valence-corrected chi connectivity index (χ1v) is 9.36. The molecule has 0 unspecified atom stereocenters. The van der Waals surface area contributed by atoms with E-state index in [4.69, 9.17) is 16.6 Å². The minimum Gasteiger partial charge on any atom is -0.369 e. The van der Waals surface area contributed by atoms with Gasteiger partial charge in [0.2, 0.25) is 0 Å². The van der Waals surface area contributed by atoms with E-state index < -0.39 is 0 Å². The smallest absolute Gasteiger partial charge is 0.126 e. The highest BCUT2D eigenvalue weighted by Gasteiger charge is 2.50. The molecule has 1 N–H and O–H groups in total. The average Bonchev–Trinajstić information content (AvgIpc) is 2.52. The zero-order valence-corrected chi connectivity index (χ0v) is 14.1. The molecule has 2 nitrogen and oxygen atoms in total. The fourth-order valence-corrected chi connectivity index (χ4v) is 6.22. The number of rotatable bonds is 3. The average molecular weight is 327 g/mol. The van der Waals surface area contributed by atoms with Crippen LogP contribution in [-0.4, -0.2) is 11.5 Å². The predicted octanol–water partition coefficient (Wildman–Crippen LogP) is 5.52. The molecule has 4 aliphatic carbocycles. The van der Waals surface area contributed by atoms with Gasteiger partial charge in [-0.25, -0.2) is 4.98 Å². The summed E-state index contributed by atoms with van der Waals surface area (Å²) in [4.78, 5) is 4.75. The molecule has 4 fully saturated rings. The van der Waals surface area contributed by atoms with E-state index in [1.165, 1.54) is 38.5 Å². The second-order valence-electron chi connectivity index (χ2n) is 8.28. The highest BCUT2D eigenvalue weighted by atomic mass is 35.5. The van der Waals surface area contributed by atoms with Crippen LogP contribution in [0.3, 0.4) is 0 Å². The number of benzene rings is 1. The first kappa shape index (κ1) is 14.1. The third kappa shape index (κ3) is 2.42. The standard InChI is InChI=1S/C20H23ClN2/c21-17-3-1-2-16-4-5-18(23-19(16)17)22-12-20-9-13-6-14(10-20)8-15(7-13)11-20/h1-5,13-15H,6-12H2,(H,22,23). The number of pyridine rings is 1. The molecule has 0 aliphatic heterocycles. The molecule has 3 heteroatoms. The second kappa shape index (κ2) is 5.11. The van der Waals surface area contributed by atoms with Crippen LogP contribution in [0.5, 0.6) is 0 Å². The van der Waals surface area contributed by atoms with Gasteiger partial charge in [0.15, 0.2) is 0 Å². The van der Waals surface area contributed by atoms with Crippen LogP contribution in [0.4, 0.5) is 5.82 Å². The van der Waals surface area contributed by atoms with Crippen LogP contribution in [0, 0.1) is 23.2 Å². The maximum atomic E-state index is 6.30. The van der Waals surface area contributed by atoms with Gasteiger partial charge < -0.3 is 5.32 Å². The molecule has 1 aromatic heterocycles. The maximum Gasteiger partial charge on any atom is 0.126 e. The van der Waals surface area contributed by atoms with Gasteiger partial charge in [-0.1, -0.05) is 23.7 Å². The van der Waals surface area contributed by atoms with Crippen LogP contribution in [0.25, 0.3) is 10.9 Å². The Morgan fingerprint density at radius 1 is 1.00 bits per heavy atom. The van der Waals surface area contributed by atoms with Crippen molar-refractivity contribution >= 4 is 28.3 Å². The number of hydrogen-bond acceptors (Lipinski definition) is 2. The van der Waals surface area contributed by atoms with Crippen molar-refractivity contribution in [3.63, 3.8) is 0 Å². The summed E-state index contributed by atoms with van der Waals surface area (Å²) in [6, 6.07) is 10.2. The molecular weight excluding hydrogens is 304 g/mol. The fraction of sp³-hybridized carbons (Fsp3) is 0.550. The van der Waals surface area contributed by atoms with Crippen LogP contribution in [0.15, 0.2) is 30.3 Å². The SMILES string of the molecule is Clc1cccc2ccc(NCC34CC5CC(CC(C5)C3)C4)nc12. The first-order valence-electron chi connectivity index (χ1n) is 8.98. The third-order valence-electron chi connectivity index (χ3n) is 6.48. The number of anilines is 1. The number of para-hydroxylation sites is 1. The minimum atomic E-state index is 0.534. The van der Waals surface area contributed by atoms with Crippen molar-refractivity contribution in [1.29, 1.82) is 0 Å². The van der Waals surface area contributed by atoms with Gasteiger partial charge in [-0.15, -0.1) is 0 Å². The Hall–Kier alpha value is -1.28. The Balaban J connectivity index is 1.37. The molecule has 4 aliphatic rings. The lowest BCUT2D eigenvalue weighted by Crippen LogP contribution is -2.49. The summed E-state index contributed by atoms with van der Waals surface area (Å²) in [6.07, 6.45) is 8.80. The molecule has 4 bridgehead atoms. The van der Waals surface area contributed by atoms with Crippen molar-refractivity contribution < 1.29 is 0 Å². The van der Waals surface area contributed by atoms with Crippen LogP contribution in [0.1, 0.15) is 38.5 Å². The number of nitrogens with one attached hydrogen (secondary N) is 1. The summed E-state index contributed by atoms with van der Waals surface area (Å²) in [5.41, 5.74) is 1.44. The highest BCUT2D eigenvalue weighted by molar-refractivity contribution is 6.35. The summed E-state index contributed by atoms with van der Waals surface area (Å²) < 4.78 is 0. The normalized spacial score (nSPS) is 34.9. The summed E-state index contributed by atoms with van der Waals surface area (Å²) in [5, 5.41) is 5.50. The van der Waals surface area contributed by atoms with Gasteiger partial charge in [0.1, 0.15) is 5.82 Å². The van der Waals surface area contributed by atoms with E-state index in [0.29, 0.717) is 5.41 Å². The van der Waals surface area contributed by atoms with Crippen molar-refractivity contribution in [2.75, 3.05) is 11.9 Å². The van der Waals surface area contributed by atoms with Crippen LogP contribution in [0.2, 0.25) is 5.02 Å². The largest absolute Gasteiger partial charge is 0.369 e. The van der Waals surface area contributed by atoms with Crippen molar-refractivity contribution in [3.8, 4) is 0 Å². The third-order valence-corrected chi connectivity index (χ3v) is 6.79. The molecule has 23 heavy (non-hydrogen) atoms. The van der Waals surface area contributed by atoms with Gasteiger partial charge >= 0.3 is 0 Å². The lowest BCUT2D eigenvalue weighted by Gasteiger charge is -2.57. The fourth-order valence-electron chi connectivity index (χ4n) is 5.99. The van der Waals surface area contributed by atoms with Gasteiger partial charge in [0.25, 0.3) is 0 Å². The Bertz CT molecular complexity index is 719. The van der Waals surface area contributed by atoms with E-state index in [-0.39, 0.29) is 0 Å². The van der Waals surface area contributed by atoms with Crippen molar-refractivity contribution in [2.45, 2.75) is 38.5 Å². The molecule has 1 aromatic carbocycles.